The van der Waals surface area contributed by atoms with Gasteiger partial charge in [0.2, 0.25) is 0 Å². The molecule has 154 valence electrons. The average Bonchev–Trinajstić information content (AvgIpc) is 2.97. The number of hydrogen-bond acceptors (Lipinski definition) is 1. The molecular formula is C23H46N2O. The van der Waals surface area contributed by atoms with Crippen LogP contribution in [0.25, 0.3) is 0 Å². The van der Waals surface area contributed by atoms with E-state index in [0.717, 1.165) is 25.4 Å². The highest BCUT2D eigenvalue weighted by molar-refractivity contribution is 5.76. The molecule has 1 rings (SSSR count). The molecule has 1 fully saturated rings. The Morgan fingerprint density at radius 2 is 1.31 bits per heavy atom. The first-order valence-corrected chi connectivity index (χ1v) is 11.7. The van der Waals surface area contributed by atoms with Crippen molar-refractivity contribution >= 4 is 6.03 Å². The van der Waals surface area contributed by atoms with Gasteiger partial charge in [0.15, 0.2) is 0 Å². The minimum absolute atomic E-state index is 0.132. The number of likely N-dealkylation sites (N-methyl/N-ethyl adjacent to an activating group) is 1. The van der Waals surface area contributed by atoms with Crippen LogP contribution in [0.3, 0.4) is 0 Å². The summed E-state index contributed by atoms with van der Waals surface area (Å²) in [6, 6.07) is 0.529. The molecule has 0 bridgehead atoms. The average molecular weight is 367 g/mol. The Morgan fingerprint density at radius 3 is 1.73 bits per heavy atom. The van der Waals surface area contributed by atoms with Crippen molar-refractivity contribution in [2.45, 2.75) is 123 Å². The lowest BCUT2D eigenvalue weighted by atomic mass is 10.0. The van der Waals surface area contributed by atoms with Gasteiger partial charge in [0.05, 0.1) is 0 Å². The standard InChI is InChI=1S/C23H46N2O/c1-4-25-20-22(24-23(25)26)19-17-15-13-11-9-7-5-6-8-10-12-14-16-18-21(2)3/h21-22H,4-20H2,1-3H3,(H,24,26). The molecule has 0 spiro atoms. The van der Waals surface area contributed by atoms with Crippen molar-refractivity contribution in [2.75, 3.05) is 13.1 Å². The number of carbonyl (C=O) groups is 1. The molecule has 0 aliphatic carbocycles. The number of unbranched alkanes of at least 4 members (excludes halogenated alkanes) is 12. The summed E-state index contributed by atoms with van der Waals surface area (Å²) < 4.78 is 0. The molecule has 0 aromatic rings. The van der Waals surface area contributed by atoms with Gasteiger partial charge in [-0.1, -0.05) is 104 Å². The maximum atomic E-state index is 11.6. The van der Waals surface area contributed by atoms with Gasteiger partial charge in [-0.2, -0.15) is 0 Å². The number of amides is 2. The largest absolute Gasteiger partial charge is 0.333 e. The quantitative estimate of drug-likeness (QED) is 0.279. The third-order valence-corrected chi connectivity index (χ3v) is 5.77. The Hall–Kier alpha value is -0.730. The number of hydrogen-bond donors (Lipinski definition) is 1. The lowest BCUT2D eigenvalue weighted by Crippen LogP contribution is -2.28. The third-order valence-electron chi connectivity index (χ3n) is 5.77. The molecular weight excluding hydrogens is 320 g/mol. The van der Waals surface area contributed by atoms with Crippen LogP contribution in [0.2, 0.25) is 0 Å². The van der Waals surface area contributed by atoms with Gasteiger partial charge in [0.25, 0.3) is 0 Å². The van der Waals surface area contributed by atoms with Crippen molar-refractivity contribution in [2.24, 2.45) is 5.92 Å². The number of nitrogens with zero attached hydrogens (tertiary/aromatic N) is 1. The molecule has 2 amide bonds. The van der Waals surface area contributed by atoms with E-state index in [2.05, 4.69) is 26.1 Å². The Kier molecular flexibility index (Phi) is 13.8. The van der Waals surface area contributed by atoms with Gasteiger partial charge in [0.1, 0.15) is 0 Å². The van der Waals surface area contributed by atoms with Crippen LogP contribution in [0, 0.1) is 5.92 Å². The summed E-state index contributed by atoms with van der Waals surface area (Å²) in [5.41, 5.74) is 0. The van der Waals surface area contributed by atoms with Gasteiger partial charge in [-0.15, -0.1) is 0 Å². The van der Waals surface area contributed by atoms with Gasteiger partial charge in [0, 0.05) is 19.1 Å². The number of carbonyl (C=O) groups excluding carboxylic acids is 1. The fourth-order valence-electron chi connectivity index (χ4n) is 3.98. The fraction of sp³-hybridized carbons (Fsp3) is 0.957. The van der Waals surface area contributed by atoms with Gasteiger partial charge in [-0.05, 0) is 19.3 Å². The Bertz CT molecular complexity index is 343. The van der Waals surface area contributed by atoms with Gasteiger partial charge in [-0.25, -0.2) is 4.79 Å². The van der Waals surface area contributed by atoms with E-state index in [-0.39, 0.29) is 6.03 Å². The molecule has 1 aliphatic rings. The van der Waals surface area contributed by atoms with E-state index in [1.165, 1.54) is 89.9 Å². The zero-order chi connectivity index (χ0) is 19.0. The van der Waals surface area contributed by atoms with E-state index in [0.29, 0.717) is 6.04 Å². The Labute approximate surface area is 163 Å². The van der Waals surface area contributed by atoms with Crippen LogP contribution in [0.4, 0.5) is 4.79 Å². The highest BCUT2D eigenvalue weighted by Crippen LogP contribution is 2.15. The molecule has 3 heteroatoms. The molecule has 0 aromatic carbocycles. The van der Waals surface area contributed by atoms with E-state index in [4.69, 9.17) is 0 Å². The second-order valence-electron chi connectivity index (χ2n) is 8.75. The maximum absolute atomic E-state index is 11.6. The van der Waals surface area contributed by atoms with E-state index in [9.17, 15) is 4.79 Å². The van der Waals surface area contributed by atoms with Crippen LogP contribution in [0.1, 0.15) is 117 Å². The van der Waals surface area contributed by atoms with E-state index in [1.807, 2.05) is 4.90 Å². The van der Waals surface area contributed by atoms with Gasteiger partial charge >= 0.3 is 6.03 Å². The smallest absolute Gasteiger partial charge is 0.317 e. The first kappa shape index (κ1) is 23.3. The number of urea groups is 1. The normalized spacial score (nSPS) is 17.3. The fourth-order valence-corrected chi connectivity index (χ4v) is 3.98. The summed E-state index contributed by atoms with van der Waals surface area (Å²) in [6.45, 7) is 8.45. The summed E-state index contributed by atoms with van der Waals surface area (Å²) in [4.78, 5) is 13.5. The van der Waals surface area contributed by atoms with Crippen molar-refractivity contribution in [3.63, 3.8) is 0 Å². The molecule has 3 nitrogen and oxygen atoms in total. The number of rotatable bonds is 17. The summed E-state index contributed by atoms with van der Waals surface area (Å²) in [5.74, 6) is 0.880. The van der Waals surface area contributed by atoms with Crippen molar-refractivity contribution in [3.8, 4) is 0 Å². The minimum Gasteiger partial charge on any atom is -0.333 e. The highest BCUT2D eigenvalue weighted by Gasteiger charge is 2.26. The SMILES string of the molecule is CCN1CC(CCCCCCCCCCCCCCCC(C)C)NC1=O. The molecule has 26 heavy (non-hydrogen) atoms. The maximum Gasteiger partial charge on any atom is 0.317 e. The molecule has 0 radical (unpaired) electrons. The van der Waals surface area contributed by atoms with Crippen LogP contribution >= 0.6 is 0 Å². The van der Waals surface area contributed by atoms with Crippen molar-refractivity contribution in [3.05, 3.63) is 0 Å². The molecule has 0 saturated carbocycles. The van der Waals surface area contributed by atoms with E-state index in [1.54, 1.807) is 0 Å². The van der Waals surface area contributed by atoms with Crippen LogP contribution in [-0.4, -0.2) is 30.1 Å². The minimum atomic E-state index is 0.132. The predicted molar refractivity (Wildman–Crippen MR) is 114 cm³/mol. The monoisotopic (exact) mass is 366 g/mol. The summed E-state index contributed by atoms with van der Waals surface area (Å²) in [5, 5.41) is 3.09. The van der Waals surface area contributed by atoms with Crippen molar-refractivity contribution in [1.82, 2.24) is 10.2 Å². The predicted octanol–water partition coefficient (Wildman–Crippen LogP) is 6.91. The van der Waals surface area contributed by atoms with Crippen LogP contribution in [-0.2, 0) is 0 Å². The topological polar surface area (TPSA) is 32.3 Å². The van der Waals surface area contributed by atoms with Crippen LogP contribution in [0.15, 0.2) is 0 Å². The number of nitrogens with one attached hydrogen (secondary N) is 1. The van der Waals surface area contributed by atoms with Crippen LogP contribution < -0.4 is 5.32 Å². The van der Waals surface area contributed by atoms with E-state index >= 15 is 0 Å². The molecule has 1 saturated heterocycles. The Morgan fingerprint density at radius 1 is 0.846 bits per heavy atom. The molecule has 1 heterocycles. The summed E-state index contributed by atoms with van der Waals surface area (Å²) >= 11 is 0. The van der Waals surface area contributed by atoms with Crippen LogP contribution in [0.5, 0.6) is 0 Å². The molecule has 1 unspecified atom stereocenters. The second-order valence-corrected chi connectivity index (χ2v) is 8.75. The highest BCUT2D eigenvalue weighted by atomic mass is 16.2. The van der Waals surface area contributed by atoms with Crippen molar-refractivity contribution < 1.29 is 4.79 Å². The van der Waals surface area contributed by atoms with E-state index < -0.39 is 0 Å². The lowest BCUT2D eigenvalue weighted by Gasteiger charge is -2.11. The molecule has 1 N–H and O–H groups in total. The summed E-state index contributed by atoms with van der Waals surface area (Å²) in [6.07, 6.45) is 20.9. The first-order valence-electron chi connectivity index (χ1n) is 11.7. The second kappa shape index (κ2) is 15.3. The zero-order valence-electron chi connectivity index (χ0n) is 18.0. The molecule has 0 aromatic heterocycles. The van der Waals surface area contributed by atoms with Gasteiger partial charge < -0.3 is 10.2 Å². The first-order chi connectivity index (χ1) is 12.6. The van der Waals surface area contributed by atoms with Gasteiger partial charge in [-0.3, -0.25) is 0 Å². The zero-order valence-corrected chi connectivity index (χ0v) is 18.0. The Balaban J connectivity index is 1.74. The molecule has 1 atom stereocenters. The molecule has 1 aliphatic heterocycles. The third kappa shape index (κ3) is 11.8. The van der Waals surface area contributed by atoms with Crippen molar-refractivity contribution in [1.29, 1.82) is 0 Å². The summed E-state index contributed by atoms with van der Waals surface area (Å²) in [7, 11) is 0. The lowest BCUT2D eigenvalue weighted by molar-refractivity contribution is 0.219.